The van der Waals surface area contributed by atoms with Gasteiger partial charge in [0.1, 0.15) is 11.5 Å². The van der Waals surface area contributed by atoms with Crippen LogP contribution in [-0.2, 0) is 4.74 Å². The largest absolute Gasteiger partial charge is 0.379 e. The molecule has 1 fully saturated rings. The summed E-state index contributed by atoms with van der Waals surface area (Å²) < 4.78 is 18.5. The van der Waals surface area contributed by atoms with E-state index in [1.807, 2.05) is 0 Å². The first-order valence-corrected chi connectivity index (χ1v) is 9.60. The fourth-order valence-electron chi connectivity index (χ4n) is 2.65. The number of nitrogens with one attached hydrogen (secondary N) is 2. The van der Waals surface area contributed by atoms with Gasteiger partial charge in [-0.3, -0.25) is 19.8 Å². The molecule has 27 heavy (non-hydrogen) atoms. The van der Waals surface area contributed by atoms with Crippen molar-refractivity contribution in [3.63, 3.8) is 0 Å². The lowest BCUT2D eigenvalue weighted by atomic mass is 10.2. The number of morpholine rings is 1. The molecule has 0 spiro atoms. The fraction of sp³-hybridized carbons (Fsp3) is 0.389. The number of rotatable bonds is 7. The monoisotopic (exact) mass is 392 g/mol. The summed E-state index contributed by atoms with van der Waals surface area (Å²) in [7, 11) is 0. The number of carbonyl (C=O) groups excluding carboxylic acids is 2. The molecular weight excluding hydrogens is 371 g/mol. The van der Waals surface area contributed by atoms with E-state index in [0.717, 1.165) is 56.7 Å². The summed E-state index contributed by atoms with van der Waals surface area (Å²) in [6.45, 7) is 4.84. The van der Waals surface area contributed by atoms with E-state index in [0.29, 0.717) is 11.7 Å². The Balaban J connectivity index is 1.43. The van der Waals surface area contributed by atoms with Crippen LogP contribution in [0.5, 0.6) is 0 Å². The lowest BCUT2D eigenvalue weighted by Gasteiger charge is -2.26. The van der Waals surface area contributed by atoms with E-state index in [1.54, 1.807) is 5.38 Å². The average molecular weight is 392 g/mol. The predicted molar refractivity (Wildman–Crippen MR) is 101 cm³/mol. The topological polar surface area (TPSA) is 83.6 Å². The Kier molecular flexibility index (Phi) is 6.86. The number of ether oxygens (including phenoxy) is 1. The zero-order chi connectivity index (χ0) is 19.1. The standard InChI is InChI=1S/C18H21FN4O3S/c19-14-4-1-3-13(11-14)16(24)22-18-21-15(12-27-18)17(25)20-5-2-6-23-7-9-26-10-8-23/h1,3-4,11-12H,2,5-10H2,(H,20,25)(H,21,22,24). The van der Waals surface area contributed by atoms with E-state index in [-0.39, 0.29) is 17.2 Å². The molecule has 7 nitrogen and oxygen atoms in total. The van der Waals surface area contributed by atoms with Crippen molar-refractivity contribution in [3.05, 3.63) is 46.7 Å². The summed E-state index contributed by atoms with van der Waals surface area (Å²) in [6, 6.07) is 5.38. The minimum Gasteiger partial charge on any atom is -0.379 e. The number of halogens is 1. The van der Waals surface area contributed by atoms with Gasteiger partial charge in [-0.25, -0.2) is 9.37 Å². The number of nitrogens with zero attached hydrogens (tertiary/aromatic N) is 2. The number of aromatic nitrogens is 1. The number of anilines is 1. The number of benzene rings is 1. The van der Waals surface area contributed by atoms with Gasteiger partial charge in [0.25, 0.3) is 11.8 Å². The molecule has 0 bridgehead atoms. The second kappa shape index (κ2) is 9.54. The Morgan fingerprint density at radius 1 is 1.26 bits per heavy atom. The van der Waals surface area contributed by atoms with Crippen LogP contribution in [0.25, 0.3) is 0 Å². The van der Waals surface area contributed by atoms with E-state index < -0.39 is 11.7 Å². The Morgan fingerprint density at radius 2 is 2.07 bits per heavy atom. The van der Waals surface area contributed by atoms with Gasteiger partial charge in [-0.1, -0.05) is 6.07 Å². The Morgan fingerprint density at radius 3 is 2.85 bits per heavy atom. The van der Waals surface area contributed by atoms with Crippen molar-refractivity contribution >= 4 is 28.3 Å². The molecule has 2 N–H and O–H groups in total. The molecule has 1 saturated heterocycles. The summed E-state index contributed by atoms with van der Waals surface area (Å²) in [6.07, 6.45) is 0.846. The van der Waals surface area contributed by atoms with Crippen LogP contribution >= 0.6 is 11.3 Å². The van der Waals surface area contributed by atoms with Crippen LogP contribution in [0.2, 0.25) is 0 Å². The maximum absolute atomic E-state index is 13.2. The minimum atomic E-state index is -0.487. The highest BCUT2D eigenvalue weighted by Gasteiger charge is 2.14. The lowest BCUT2D eigenvalue weighted by Crippen LogP contribution is -2.38. The zero-order valence-corrected chi connectivity index (χ0v) is 15.6. The second-order valence-electron chi connectivity index (χ2n) is 6.07. The molecule has 9 heteroatoms. The molecule has 0 unspecified atom stereocenters. The average Bonchev–Trinajstić information content (AvgIpc) is 3.14. The highest BCUT2D eigenvalue weighted by molar-refractivity contribution is 7.14. The first kappa shape index (κ1) is 19.4. The van der Waals surface area contributed by atoms with Gasteiger partial charge in [0.2, 0.25) is 0 Å². The molecular formula is C18H21FN4O3S. The summed E-state index contributed by atoms with van der Waals surface area (Å²) in [5, 5.41) is 7.28. The third-order valence-corrected chi connectivity index (χ3v) is 4.84. The van der Waals surface area contributed by atoms with Crippen molar-refractivity contribution in [3.8, 4) is 0 Å². The quantitative estimate of drug-likeness (QED) is 0.704. The highest BCUT2D eigenvalue weighted by atomic mass is 32.1. The second-order valence-corrected chi connectivity index (χ2v) is 6.92. The van der Waals surface area contributed by atoms with E-state index >= 15 is 0 Å². The van der Waals surface area contributed by atoms with Crippen LogP contribution in [0.15, 0.2) is 29.6 Å². The van der Waals surface area contributed by atoms with Gasteiger partial charge in [0.05, 0.1) is 13.2 Å². The Bertz CT molecular complexity index is 792. The third-order valence-electron chi connectivity index (χ3n) is 4.08. The lowest BCUT2D eigenvalue weighted by molar-refractivity contribution is 0.0374. The molecule has 2 amide bonds. The van der Waals surface area contributed by atoms with Crippen LogP contribution in [0.1, 0.15) is 27.3 Å². The normalized spacial score (nSPS) is 14.7. The van der Waals surface area contributed by atoms with Gasteiger partial charge >= 0.3 is 0 Å². The molecule has 0 aliphatic carbocycles. The summed E-state index contributed by atoms with van der Waals surface area (Å²) in [4.78, 5) is 30.7. The molecule has 0 saturated carbocycles. The number of carbonyl (C=O) groups is 2. The first-order valence-electron chi connectivity index (χ1n) is 8.72. The maximum Gasteiger partial charge on any atom is 0.270 e. The smallest absolute Gasteiger partial charge is 0.270 e. The van der Waals surface area contributed by atoms with E-state index in [1.165, 1.54) is 18.2 Å². The molecule has 0 atom stereocenters. The zero-order valence-electron chi connectivity index (χ0n) is 14.7. The molecule has 0 radical (unpaired) electrons. The van der Waals surface area contributed by atoms with Crippen LogP contribution in [0.3, 0.4) is 0 Å². The highest BCUT2D eigenvalue weighted by Crippen LogP contribution is 2.17. The maximum atomic E-state index is 13.2. The summed E-state index contributed by atoms with van der Waals surface area (Å²) in [5.74, 6) is -1.24. The SMILES string of the molecule is O=C(Nc1nc(C(=O)NCCCN2CCOCC2)cs1)c1cccc(F)c1. The fourth-order valence-corrected chi connectivity index (χ4v) is 3.34. The molecule has 3 rings (SSSR count). The molecule has 2 heterocycles. The van der Waals surface area contributed by atoms with Gasteiger partial charge in [0, 0.05) is 30.6 Å². The summed E-state index contributed by atoms with van der Waals surface area (Å²) >= 11 is 1.15. The molecule has 2 aromatic rings. The van der Waals surface area contributed by atoms with E-state index in [2.05, 4.69) is 20.5 Å². The molecule has 1 aromatic carbocycles. The van der Waals surface area contributed by atoms with Crippen molar-refractivity contribution in [2.45, 2.75) is 6.42 Å². The molecule has 144 valence electrons. The van der Waals surface area contributed by atoms with Gasteiger partial charge < -0.3 is 10.1 Å². The number of hydrogen-bond donors (Lipinski definition) is 2. The first-order chi connectivity index (χ1) is 13.1. The van der Waals surface area contributed by atoms with Crippen LogP contribution in [0.4, 0.5) is 9.52 Å². The Hall–Kier alpha value is -2.36. The van der Waals surface area contributed by atoms with Gasteiger partial charge in [-0.2, -0.15) is 0 Å². The van der Waals surface area contributed by atoms with Gasteiger partial charge in [0.15, 0.2) is 5.13 Å². The number of thiazole rings is 1. The third kappa shape index (κ3) is 5.81. The number of amides is 2. The van der Waals surface area contributed by atoms with Crippen LogP contribution in [-0.4, -0.2) is 61.1 Å². The summed E-state index contributed by atoms with van der Waals surface area (Å²) in [5.41, 5.74) is 0.445. The minimum absolute atomic E-state index is 0.194. The van der Waals surface area contributed by atoms with Crippen molar-refractivity contribution in [1.29, 1.82) is 0 Å². The van der Waals surface area contributed by atoms with Gasteiger partial charge in [-0.15, -0.1) is 11.3 Å². The molecule has 1 aliphatic rings. The van der Waals surface area contributed by atoms with Crippen LogP contribution in [0, 0.1) is 5.82 Å². The number of hydrogen-bond acceptors (Lipinski definition) is 6. The predicted octanol–water partition coefficient (Wildman–Crippen LogP) is 1.99. The van der Waals surface area contributed by atoms with Crippen molar-refractivity contribution in [1.82, 2.24) is 15.2 Å². The molecule has 1 aromatic heterocycles. The van der Waals surface area contributed by atoms with Crippen molar-refractivity contribution in [2.24, 2.45) is 0 Å². The van der Waals surface area contributed by atoms with Crippen LogP contribution < -0.4 is 10.6 Å². The van der Waals surface area contributed by atoms with Crippen molar-refractivity contribution < 1.29 is 18.7 Å². The van der Waals surface area contributed by atoms with E-state index in [9.17, 15) is 14.0 Å². The van der Waals surface area contributed by atoms with Gasteiger partial charge in [-0.05, 0) is 31.2 Å². The van der Waals surface area contributed by atoms with Crippen molar-refractivity contribution in [2.75, 3.05) is 44.7 Å². The van der Waals surface area contributed by atoms with E-state index in [4.69, 9.17) is 4.74 Å². The Labute approximate surface area is 160 Å². The molecule has 1 aliphatic heterocycles.